The lowest BCUT2D eigenvalue weighted by atomic mass is 10.4. The molecule has 0 N–H and O–H groups in total. The number of halogens is 2. The molecule has 0 saturated heterocycles. The molecule has 0 rings (SSSR count). The summed E-state index contributed by atoms with van der Waals surface area (Å²) in [7, 11) is 8.97. The molecule has 0 atom stereocenters. The van der Waals surface area contributed by atoms with Crippen molar-refractivity contribution in [2.24, 2.45) is 0 Å². The maximum atomic E-state index is 5.70. The highest BCUT2D eigenvalue weighted by atomic mass is 127. The van der Waals surface area contributed by atoms with Crippen LogP contribution in [0.15, 0.2) is 0 Å². The predicted molar refractivity (Wildman–Crippen MR) is 70.5 cm³/mol. The van der Waals surface area contributed by atoms with Crippen LogP contribution in [0.1, 0.15) is 20.3 Å². The first-order valence-corrected chi connectivity index (χ1v) is 6.55. The minimum absolute atomic E-state index is 0. The molecule has 0 bridgehead atoms. The Hall–Kier alpha value is 1.34. The number of rotatable bonds is 9. The van der Waals surface area contributed by atoms with Gasteiger partial charge in [0.1, 0.15) is 6.54 Å². The van der Waals surface area contributed by atoms with Gasteiger partial charge in [0.2, 0.25) is 0 Å². The van der Waals surface area contributed by atoms with Crippen molar-refractivity contribution in [3.05, 3.63) is 0 Å². The molecule has 0 saturated carbocycles. The van der Waals surface area contributed by atoms with Crippen molar-refractivity contribution in [3.8, 4) is 0 Å². The van der Waals surface area contributed by atoms with Crippen molar-refractivity contribution in [1.82, 2.24) is 0 Å². The zero-order valence-corrected chi connectivity index (χ0v) is 17.3. The van der Waals surface area contributed by atoms with E-state index in [2.05, 4.69) is 42.0 Å². The van der Waals surface area contributed by atoms with Gasteiger partial charge in [-0.2, -0.15) is 0 Å². The minimum atomic E-state index is 0. The smallest absolute Gasteiger partial charge is 0.102 e. The van der Waals surface area contributed by atoms with E-state index in [1.165, 1.54) is 19.6 Å². The lowest BCUT2D eigenvalue weighted by molar-refractivity contribution is -0.906. The van der Waals surface area contributed by atoms with Crippen molar-refractivity contribution in [3.63, 3.8) is 0 Å². The molecule has 0 unspecified atom stereocenters. The van der Waals surface area contributed by atoms with E-state index in [-0.39, 0.29) is 48.0 Å². The Kier molecular flexibility index (Phi) is 16.4. The summed E-state index contributed by atoms with van der Waals surface area (Å²) in [5, 5.41) is 0. The third-order valence-corrected chi connectivity index (χ3v) is 3.42. The van der Waals surface area contributed by atoms with Crippen molar-refractivity contribution in [2.75, 3.05) is 67.6 Å². The molecule has 0 radical (unpaired) electrons. The molecule has 3 nitrogen and oxygen atoms in total. The molecule has 0 aromatic carbocycles. The average molecular weight is 486 g/mol. The maximum Gasteiger partial charge on any atom is 0.102 e. The monoisotopic (exact) mass is 486 g/mol. The first-order chi connectivity index (χ1) is 7.33. The van der Waals surface area contributed by atoms with Crippen LogP contribution >= 0.6 is 0 Å². The molecule has 0 aliphatic rings. The summed E-state index contributed by atoms with van der Waals surface area (Å²) < 4.78 is 7.85. The van der Waals surface area contributed by atoms with Gasteiger partial charge in [-0.1, -0.05) is 0 Å². The zero-order valence-electron chi connectivity index (χ0n) is 13.0. The Bertz CT molecular complexity index is 180. The van der Waals surface area contributed by atoms with Crippen molar-refractivity contribution >= 4 is 0 Å². The summed E-state index contributed by atoms with van der Waals surface area (Å²) in [5.41, 5.74) is 0. The Morgan fingerprint density at radius 3 is 1.67 bits per heavy atom. The normalized spacial score (nSPS) is 11.7. The maximum absolute atomic E-state index is 5.70. The number of hydrogen-bond donors (Lipinski definition) is 0. The van der Waals surface area contributed by atoms with Gasteiger partial charge in [0, 0.05) is 6.42 Å². The second-order valence-corrected chi connectivity index (χ2v) is 5.96. The van der Waals surface area contributed by atoms with Crippen LogP contribution in [0.25, 0.3) is 0 Å². The van der Waals surface area contributed by atoms with E-state index >= 15 is 0 Å². The SMILES string of the molecule is CC[N+](C)(CC)CCOCCC[N+](C)(C)C.[I-].[I-]. The van der Waals surface area contributed by atoms with E-state index in [0.717, 1.165) is 35.1 Å². The molecule has 5 heteroatoms. The number of ether oxygens (including phenoxy) is 1. The summed E-state index contributed by atoms with van der Waals surface area (Å²) in [4.78, 5) is 0. The van der Waals surface area contributed by atoms with Crippen LogP contribution in [0.5, 0.6) is 0 Å². The molecular formula is C13H32I2N2O. The van der Waals surface area contributed by atoms with Gasteiger partial charge in [-0.25, -0.2) is 0 Å². The van der Waals surface area contributed by atoms with Crippen LogP contribution < -0.4 is 48.0 Å². The first-order valence-electron chi connectivity index (χ1n) is 6.55. The van der Waals surface area contributed by atoms with Crippen molar-refractivity contribution in [2.45, 2.75) is 20.3 Å². The van der Waals surface area contributed by atoms with Crippen LogP contribution in [0.3, 0.4) is 0 Å². The minimum Gasteiger partial charge on any atom is -1.00 e. The van der Waals surface area contributed by atoms with Crippen LogP contribution in [0.4, 0.5) is 0 Å². The lowest BCUT2D eigenvalue weighted by Gasteiger charge is -2.32. The highest BCUT2D eigenvalue weighted by Crippen LogP contribution is 2.01. The van der Waals surface area contributed by atoms with Gasteiger partial charge < -0.3 is 61.7 Å². The van der Waals surface area contributed by atoms with E-state index < -0.39 is 0 Å². The van der Waals surface area contributed by atoms with Crippen LogP contribution in [0.2, 0.25) is 0 Å². The quantitative estimate of drug-likeness (QED) is 0.182. The summed E-state index contributed by atoms with van der Waals surface area (Å²) in [6, 6.07) is 0. The molecule has 0 spiro atoms. The molecule has 0 amide bonds. The summed E-state index contributed by atoms with van der Waals surface area (Å²) in [6.07, 6.45) is 1.16. The molecule has 0 aromatic heterocycles. The van der Waals surface area contributed by atoms with Gasteiger partial charge in [0.05, 0.1) is 61.0 Å². The number of likely N-dealkylation sites (N-methyl/N-ethyl adjacent to an activating group) is 1. The zero-order chi connectivity index (χ0) is 12.7. The van der Waals surface area contributed by atoms with Crippen molar-refractivity contribution in [1.29, 1.82) is 0 Å². The second kappa shape index (κ2) is 12.1. The standard InChI is InChI=1S/C13H32N2O.2HI/c1-7-15(6,8-2)11-13-16-12-9-10-14(3,4)5;;/h7-13H2,1-6H3;2*1H/q+2;;/p-2. The van der Waals surface area contributed by atoms with E-state index in [1.54, 1.807) is 0 Å². The van der Waals surface area contributed by atoms with Gasteiger partial charge in [0.25, 0.3) is 0 Å². The highest BCUT2D eigenvalue weighted by molar-refractivity contribution is 4.37. The molecule has 114 valence electrons. The van der Waals surface area contributed by atoms with Gasteiger partial charge in [-0.3, -0.25) is 0 Å². The topological polar surface area (TPSA) is 9.23 Å². The average Bonchev–Trinajstić information content (AvgIpc) is 2.21. The Labute approximate surface area is 148 Å². The van der Waals surface area contributed by atoms with Gasteiger partial charge in [-0.05, 0) is 13.8 Å². The van der Waals surface area contributed by atoms with Crippen molar-refractivity contribution < 1.29 is 61.7 Å². The van der Waals surface area contributed by atoms with Crippen LogP contribution in [-0.4, -0.2) is 76.5 Å². The Balaban J connectivity index is -0.00000112. The Morgan fingerprint density at radius 1 is 0.778 bits per heavy atom. The number of nitrogens with zero attached hydrogens (tertiary/aromatic N) is 2. The molecule has 18 heavy (non-hydrogen) atoms. The van der Waals surface area contributed by atoms with Crippen LogP contribution in [0, 0.1) is 0 Å². The fourth-order valence-corrected chi connectivity index (χ4v) is 1.57. The number of hydrogen-bond acceptors (Lipinski definition) is 1. The van der Waals surface area contributed by atoms with E-state index in [4.69, 9.17) is 4.74 Å². The first kappa shape index (κ1) is 24.4. The highest BCUT2D eigenvalue weighted by Gasteiger charge is 2.15. The Morgan fingerprint density at radius 2 is 1.28 bits per heavy atom. The summed E-state index contributed by atoms with van der Waals surface area (Å²) in [6.45, 7) is 11.0. The molecule has 0 heterocycles. The molecule has 0 fully saturated rings. The number of quaternary nitrogens is 2. The van der Waals surface area contributed by atoms with Gasteiger partial charge >= 0.3 is 0 Å². The van der Waals surface area contributed by atoms with Gasteiger partial charge in [-0.15, -0.1) is 0 Å². The molecule has 0 aliphatic heterocycles. The van der Waals surface area contributed by atoms with E-state index in [9.17, 15) is 0 Å². The predicted octanol–water partition coefficient (Wildman–Crippen LogP) is -4.41. The van der Waals surface area contributed by atoms with Crippen LogP contribution in [-0.2, 0) is 4.74 Å². The lowest BCUT2D eigenvalue weighted by Crippen LogP contribution is -3.00. The van der Waals surface area contributed by atoms with E-state index in [1.807, 2.05) is 0 Å². The largest absolute Gasteiger partial charge is 1.00 e. The third kappa shape index (κ3) is 13.8. The van der Waals surface area contributed by atoms with E-state index in [0.29, 0.717) is 0 Å². The summed E-state index contributed by atoms with van der Waals surface area (Å²) in [5.74, 6) is 0. The molecule has 0 aliphatic carbocycles. The second-order valence-electron chi connectivity index (χ2n) is 5.96. The van der Waals surface area contributed by atoms with Gasteiger partial charge in [0.15, 0.2) is 0 Å². The molecule has 0 aromatic rings. The summed E-state index contributed by atoms with van der Waals surface area (Å²) >= 11 is 0. The fourth-order valence-electron chi connectivity index (χ4n) is 1.57. The third-order valence-electron chi connectivity index (χ3n) is 3.42. The molecular weight excluding hydrogens is 454 g/mol. The fraction of sp³-hybridized carbons (Fsp3) is 1.00.